The molecule has 2 N–H and O–H groups in total. The van der Waals surface area contributed by atoms with Crippen LogP contribution in [0.2, 0.25) is 0 Å². The van der Waals surface area contributed by atoms with E-state index in [2.05, 4.69) is 14.7 Å². The number of hydrogen-bond acceptors (Lipinski definition) is 7. The predicted molar refractivity (Wildman–Crippen MR) is 71.9 cm³/mol. The van der Waals surface area contributed by atoms with Gasteiger partial charge in [0.05, 0.1) is 20.3 Å². The first-order chi connectivity index (χ1) is 9.13. The van der Waals surface area contributed by atoms with Crippen LogP contribution in [-0.2, 0) is 14.3 Å². The zero-order valence-corrected chi connectivity index (χ0v) is 11.2. The topological polar surface area (TPSA) is 90.6 Å². The van der Waals surface area contributed by atoms with Crippen LogP contribution in [0.15, 0.2) is 12.4 Å². The molecule has 19 heavy (non-hydrogen) atoms. The molecule has 2 rings (SSSR count). The van der Waals surface area contributed by atoms with Gasteiger partial charge in [-0.2, -0.15) is 0 Å². The van der Waals surface area contributed by atoms with Crippen LogP contribution in [-0.4, -0.2) is 53.8 Å². The fourth-order valence-electron chi connectivity index (χ4n) is 1.85. The number of nitrogens with two attached hydrogens (primary N) is 1. The van der Waals surface area contributed by atoms with Crippen molar-refractivity contribution in [3.05, 3.63) is 18.1 Å². The van der Waals surface area contributed by atoms with Gasteiger partial charge in [0.2, 0.25) is 0 Å². The van der Waals surface area contributed by atoms with E-state index in [0.717, 1.165) is 0 Å². The summed E-state index contributed by atoms with van der Waals surface area (Å²) >= 11 is 4.95. The Balaban J connectivity index is 2.22. The number of rotatable bonds is 3. The summed E-state index contributed by atoms with van der Waals surface area (Å²) in [5, 5.41) is 0. The number of nitrogens with zero attached hydrogens (tertiary/aromatic N) is 3. The van der Waals surface area contributed by atoms with Crippen molar-refractivity contribution in [1.29, 1.82) is 0 Å². The summed E-state index contributed by atoms with van der Waals surface area (Å²) in [7, 11) is 1.33. The highest BCUT2D eigenvalue weighted by Gasteiger charge is 2.29. The van der Waals surface area contributed by atoms with Crippen LogP contribution in [0, 0.1) is 0 Å². The molecule has 1 unspecified atom stereocenters. The van der Waals surface area contributed by atoms with Crippen molar-refractivity contribution < 1.29 is 14.3 Å². The maximum absolute atomic E-state index is 11.5. The molecule has 0 spiro atoms. The lowest BCUT2D eigenvalue weighted by molar-refractivity contribution is -0.154. The Bertz CT molecular complexity index is 497. The number of carbonyl (C=O) groups is 1. The summed E-state index contributed by atoms with van der Waals surface area (Å²) in [5.74, 6) is 0.151. The van der Waals surface area contributed by atoms with Crippen LogP contribution in [0.3, 0.4) is 0 Å². The van der Waals surface area contributed by atoms with E-state index < -0.39 is 12.1 Å². The van der Waals surface area contributed by atoms with E-state index in [4.69, 9.17) is 22.7 Å². The van der Waals surface area contributed by atoms with E-state index in [0.29, 0.717) is 31.2 Å². The van der Waals surface area contributed by atoms with Gasteiger partial charge in [-0.25, -0.2) is 14.8 Å². The number of hydrogen-bond donors (Lipinski definition) is 1. The van der Waals surface area contributed by atoms with Crippen LogP contribution >= 0.6 is 12.2 Å². The largest absolute Gasteiger partial charge is 0.467 e. The molecule has 0 amide bonds. The minimum Gasteiger partial charge on any atom is -0.467 e. The molecule has 0 radical (unpaired) electrons. The standard InChI is InChI=1S/C11H14N4O3S/c1-17-11(16)7-6-15(4-5-18-7)10-8(9(12)19)13-2-3-14-10/h2-3,7H,4-6H2,1H3,(H2,12,19). The molecule has 1 atom stereocenters. The van der Waals surface area contributed by atoms with Gasteiger partial charge in [0.25, 0.3) is 0 Å². The lowest BCUT2D eigenvalue weighted by atomic mass is 10.2. The highest BCUT2D eigenvalue weighted by Crippen LogP contribution is 2.18. The van der Waals surface area contributed by atoms with Gasteiger partial charge in [-0.15, -0.1) is 0 Å². The van der Waals surface area contributed by atoms with Gasteiger partial charge in [-0.1, -0.05) is 12.2 Å². The molecule has 1 aromatic rings. The maximum atomic E-state index is 11.5. The second kappa shape index (κ2) is 5.89. The molecule has 8 heteroatoms. The molecule has 0 aromatic carbocycles. The van der Waals surface area contributed by atoms with E-state index >= 15 is 0 Å². The SMILES string of the molecule is COC(=O)C1CN(c2nccnc2C(N)=S)CCO1. The van der Waals surface area contributed by atoms with Crippen LogP contribution in [0.5, 0.6) is 0 Å². The minimum absolute atomic E-state index is 0.171. The van der Waals surface area contributed by atoms with E-state index in [1.165, 1.54) is 13.3 Å². The Labute approximate surface area is 115 Å². The monoisotopic (exact) mass is 282 g/mol. The smallest absolute Gasteiger partial charge is 0.336 e. The Morgan fingerprint density at radius 3 is 3.00 bits per heavy atom. The number of aromatic nitrogens is 2. The minimum atomic E-state index is -0.639. The van der Waals surface area contributed by atoms with Crippen LogP contribution in [0.1, 0.15) is 5.69 Å². The van der Waals surface area contributed by atoms with Crippen molar-refractivity contribution in [3.8, 4) is 0 Å². The van der Waals surface area contributed by atoms with Crippen LogP contribution in [0.25, 0.3) is 0 Å². The normalized spacial score (nSPS) is 19.0. The summed E-state index contributed by atoms with van der Waals surface area (Å²) in [4.78, 5) is 21.9. The third kappa shape index (κ3) is 2.96. The molecular weight excluding hydrogens is 268 g/mol. The number of morpholine rings is 1. The second-order valence-electron chi connectivity index (χ2n) is 3.92. The molecule has 1 saturated heterocycles. The lowest BCUT2D eigenvalue weighted by Gasteiger charge is -2.32. The molecule has 1 aliphatic heterocycles. The van der Waals surface area contributed by atoms with Gasteiger partial charge in [0.15, 0.2) is 11.9 Å². The Morgan fingerprint density at radius 1 is 1.58 bits per heavy atom. The van der Waals surface area contributed by atoms with Crippen molar-refractivity contribution in [2.45, 2.75) is 6.10 Å². The highest BCUT2D eigenvalue weighted by molar-refractivity contribution is 7.80. The molecule has 0 aliphatic carbocycles. The summed E-state index contributed by atoms with van der Waals surface area (Å²) < 4.78 is 10.0. The number of anilines is 1. The third-order valence-electron chi connectivity index (χ3n) is 2.74. The predicted octanol–water partition coefficient (Wildman–Crippen LogP) is -0.511. The molecular formula is C11H14N4O3S. The lowest BCUT2D eigenvalue weighted by Crippen LogP contribution is -2.47. The van der Waals surface area contributed by atoms with Crippen molar-refractivity contribution in [1.82, 2.24) is 9.97 Å². The highest BCUT2D eigenvalue weighted by atomic mass is 32.1. The number of methoxy groups -OCH3 is 1. The molecule has 102 valence electrons. The first kappa shape index (κ1) is 13.6. The van der Waals surface area contributed by atoms with Gasteiger partial charge in [0, 0.05) is 18.9 Å². The Morgan fingerprint density at radius 2 is 2.32 bits per heavy atom. The first-order valence-corrected chi connectivity index (χ1v) is 6.09. The van der Waals surface area contributed by atoms with Gasteiger partial charge >= 0.3 is 5.97 Å². The summed E-state index contributed by atoms with van der Waals surface area (Å²) in [6.07, 6.45) is 2.44. The molecule has 1 fully saturated rings. The van der Waals surface area contributed by atoms with Gasteiger partial charge in [-0.3, -0.25) is 0 Å². The van der Waals surface area contributed by atoms with E-state index in [1.807, 2.05) is 4.90 Å². The summed E-state index contributed by atoms with van der Waals surface area (Å²) in [6.45, 7) is 1.32. The molecule has 2 heterocycles. The second-order valence-corrected chi connectivity index (χ2v) is 4.36. The number of thiocarbonyl (C=S) groups is 1. The van der Waals surface area contributed by atoms with Gasteiger partial charge < -0.3 is 20.1 Å². The molecule has 7 nitrogen and oxygen atoms in total. The molecule has 0 saturated carbocycles. The average molecular weight is 282 g/mol. The van der Waals surface area contributed by atoms with Crippen LogP contribution in [0.4, 0.5) is 5.82 Å². The number of carbonyl (C=O) groups excluding carboxylic acids is 1. The quantitative estimate of drug-likeness (QED) is 0.585. The van der Waals surface area contributed by atoms with Crippen molar-refractivity contribution in [3.63, 3.8) is 0 Å². The average Bonchev–Trinajstić information content (AvgIpc) is 2.46. The van der Waals surface area contributed by atoms with Crippen molar-refractivity contribution >= 4 is 29.0 Å². The molecule has 0 bridgehead atoms. The van der Waals surface area contributed by atoms with Crippen molar-refractivity contribution in [2.75, 3.05) is 31.7 Å². The molecule has 1 aliphatic rings. The fourth-order valence-corrected chi connectivity index (χ4v) is 2.00. The van der Waals surface area contributed by atoms with E-state index in [-0.39, 0.29) is 4.99 Å². The van der Waals surface area contributed by atoms with Gasteiger partial charge in [0.1, 0.15) is 10.7 Å². The Hall–Kier alpha value is -1.80. The van der Waals surface area contributed by atoms with Gasteiger partial charge in [-0.05, 0) is 0 Å². The van der Waals surface area contributed by atoms with E-state index in [9.17, 15) is 4.79 Å². The summed E-state index contributed by atoms with van der Waals surface area (Å²) in [5.41, 5.74) is 6.07. The zero-order valence-electron chi connectivity index (χ0n) is 10.4. The first-order valence-electron chi connectivity index (χ1n) is 5.68. The molecule has 1 aromatic heterocycles. The number of esters is 1. The van der Waals surface area contributed by atoms with E-state index in [1.54, 1.807) is 6.20 Å². The number of ether oxygens (including phenoxy) is 2. The third-order valence-corrected chi connectivity index (χ3v) is 2.94. The maximum Gasteiger partial charge on any atom is 0.336 e. The fraction of sp³-hybridized carbons (Fsp3) is 0.455. The van der Waals surface area contributed by atoms with Crippen molar-refractivity contribution in [2.24, 2.45) is 5.73 Å². The summed E-state index contributed by atoms with van der Waals surface area (Å²) in [6, 6.07) is 0. The zero-order chi connectivity index (χ0) is 13.8. The van der Waals surface area contributed by atoms with Crippen LogP contribution < -0.4 is 10.6 Å². The Kier molecular flexibility index (Phi) is 4.23.